The Morgan fingerprint density at radius 3 is 2.52 bits per heavy atom. The van der Waals surface area contributed by atoms with Crippen LogP contribution in [0.5, 0.6) is 0 Å². The lowest BCUT2D eigenvalue weighted by Gasteiger charge is -2.56. The van der Waals surface area contributed by atoms with Crippen molar-refractivity contribution in [2.45, 2.75) is 57.8 Å². The average Bonchev–Trinajstić information content (AvgIpc) is 2.40. The maximum Gasteiger partial charge on any atom is 0.410 e. The molecule has 0 saturated carbocycles. The van der Waals surface area contributed by atoms with E-state index in [1.54, 1.807) is 4.90 Å². The second-order valence-corrected chi connectivity index (χ2v) is 7.48. The van der Waals surface area contributed by atoms with E-state index in [2.05, 4.69) is 11.8 Å². The van der Waals surface area contributed by atoms with E-state index >= 15 is 0 Å². The van der Waals surface area contributed by atoms with Gasteiger partial charge in [-0.3, -0.25) is 9.69 Å². The number of carboxylic acid groups (broad SMARTS) is 1. The minimum absolute atomic E-state index is 0.0305. The topological polar surface area (TPSA) is 79.3 Å². The number of nitrogens with zero attached hydrogens (tertiary/aromatic N) is 2. The predicted molar refractivity (Wildman–Crippen MR) is 84.4 cm³/mol. The zero-order valence-corrected chi connectivity index (χ0v) is 14.5. The van der Waals surface area contributed by atoms with E-state index in [-0.39, 0.29) is 18.6 Å². The standard InChI is InChI=1S/C16H28N2O5/c1-5-12-9-18(6-7-22-12)16(8-13(19)20)10-17(11-16)14(21)23-15(2,3)4/h12H,5-11H2,1-4H3,(H,19,20). The summed E-state index contributed by atoms with van der Waals surface area (Å²) in [6.45, 7) is 10.3. The van der Waals surface area contributed by atoms with E-state index in [0.29, 0.717) is 32.8 Å². The molecule has 2 rings (SSSR count). The first-order valence-corrected chi connectivity index (χ1v) is 8.21. The first-order chi connectivity index (χ1) is 10.6. The van der Waals surface area contributed by atoms with Crippen LogP contribution in [0.25, 0.3) is 0 Å². The van der Waals surface area contributed by atoms with Gasteiger partial charge in [-0.05, 0) is 27.2 Å². The molecule has 0 aromatic carbocycles. The average molecular weight is 328 g/mol. The molecule has 2 heterocycles. The number of rotatable bonds is 4. The monoisotopic (exact) mass is 328 g/mol. The summed E-state index contributed by atoms with van der Waals surface area (Å²) >= 11 is 0. The second-order valence-electron chi connectivity index (χ2n) is 7.48. The van der Waals surface area contributed by atoms with Gasteiger partial charge in [0.2, 0.25) is 0 Å². The van der Waals surface area contributed by atoms with Gasteiger partial charge in [-0.1, -0.05) is 6.92 Å². The quantitative estimate of drug-likeness (QED) is 0.844. The van der Waals surface area contributed by atoms with Gasteiger partial charge in [-0.15, -0.1) is 0 Å². The second kappa shape index (κ2) is 6.65. The third-order valence-corrected chi connectivity index (χ3v) is 4.37. The Kier molecular flexibility index (Phi) is 5.20. The number of likely N-dealkylation sites (tertiary alicyclic amines) is 1. The Labute approximate surface area is 137 Å². The highest BCUT2D eigenvalue weighted by molar-refractivity contribution is 5.73. The van der Waals surface area contributed by atoms with E-state index in [1.807, 2.05) is 20.8 Å². The fourth-order valence-electron chi connectivity index (χ4n) is 3.22. The maximum atomic E-state index is 12.1. The summed E-state index contributed by atoms with van der Waals surface area (Å²) in [6.07, 6.45) is 0.682. The highest BCUT2D eigenvalue weighted by atomic mass is 16.6. The van der Waals surface area contributed by atoms with Crippen LogP contribution in [0.1, 0.15) is 40.5 Å². The molecule has 0 bridgehead atoms. The molecular formula is C16H28N2O5. The molecule has 1 unspecified atom stereocenters. The summed E-state index contributed by atoms with van der Waals surface area (Å²) in [6, 6.07) is 0. The molecule has 132 valence electrons. The third-order valence-electron chi connectivity index (χ3n) is 4.37. The van der Waals surface area contributed by atoms with E-state index in [4.69, 9.17) is 9.47 Å². The van der Waals surface area contributed by atoms with Crippen LogP contribution >= 0.6 is 0 Å². The maximum absolute atomic E-state index is 12.1. The van der Waals surface area contributed by atoms with Gasteiger partial charge < -0.3 is 19.5 Å². The molecule has 1 amide bonds. The number of ether oxygens (including phenoxy) is 2. The molecule has 0 spiro atoms. The van der Waals surface area contributed by atoms with E-state index in [1.165, 1.54) is 0 Å². The van der Waals surface area contributed by atoms with Crippen molar-refractivity contribution in [3.8, 4) is 0 Å². The number of carboxylic acids is 1. The number of carbonyl (C=O) groups excluding carboxylic acids is 1. The van der Waals surface area contributed by atoms with Gasteiger partial charge in [-0.2, -0.15) is 0 Å². The van der Waals surface area contributed by atoms with Gasteiger partial charge in [0.15, 0.2) is 0 Å². The zero-order valence-electron chi connectivity index (χ0n) is 14.5. The summed E-state index contributed by atoms with van der Waals surface area (Å²) in [5.74, 6) is -0.839. The van der Waals surface area contributed by atoms with Crippen LogP contribution in [0.15, 0.2) is 0 Å². The summed E-state index contributed by atoms with van der Waals surface area (Å²) in [7, 11) is 0. The Hall–Kier alpha value is -1.34. The number of carbonyl (C=O) groups is 2. The normalized spacial score (nSPS) is 24.9. The SMILES string of the molecule is CCC1CN(C2(CC(=O)O)CN(C(=O)OC(C)(C)C)C2)CCO1. The van der Waals surface area contributed by atoms with Gasteiger partial charge in [0.05, 0.1) is 24.7 Å². The molecule has 0 aliphatic carbocycles. The predicted octanol–water partition coefficient (Wildman–Crippen LogP) is 1.56. The van der Waals surface area contributed by atoms with Crippen LogP contribution in [0, 0.1) is 0 Å². The van der Waals surface area contributed by atoms with Crippen LogP contribution in [0.4, 0.5) is 4.79 Å². The van der Waals surface area contributed by atoms with Gasteiger partial charge in [0.25, 0.3) is 0 Å². The lowest BCUT2D eigenvalue weighted by molar-refractivity contribution is -0.153. The Bertz CT molecular complexity index is 454. The molecule has 0 aromatic rings. The van der Waals surface area contributed by atoms with Crippen molar-refractivity contribution >= 4 is 12.1 Å². The third kappa shape index (κ3) is 4.35. The van der Waals surface area contributed by atoms with Crippen molar-refractivity contribution in [1.29, 1.82) is 0 Å². The highest BCUT2D eigenvalue weighted by Gasteiger charge is 2.52. The largest absolute Gasteiger partial charge is 0.481 e. The van der Waals surface area contributed by atoms with Gasteiger partial charge in [-0.25, -0.2) is 4.79 Å². The molecule has 7 nitrogen and oxygen atoms in total. The first kappa shape index (κ1) is 18.0. The van der Waals surface area contributed by atoms with Gasteiger partial charge in [0.1, 0.15) is 5.60 Å². The van der Waals surface area contributed by atoms with Crippen LogP contribution in [0.3, 0.4) is 0 Å². The van der Waals surface area contributed by atoms with Crippen LogP contribution < -0.4 is 0 Å². The number of hydrogen-bond acceptors (Lipinski definition) is 5. The Morgan fingerprint density at radius 2 is 2.00 bits per heavy atom. The van der Waals surface area contributed by atoms with Crippen molar-refractivity contribution in [2.24, 2.45) is 0 Å². The number of hydrogen-bond donors (Lipinski definition) is 1. The minimum Gasteiger partial charge on any atom is -0.481 e. The number of aliphatic carboxylic acids is 1. The summed E-state index contributed by atoms with van der Waals surface area (Å²) in [4.78, 5) is 27.2. The van der Waals surface area contributed by atoms with E-state index in [0.717, 1.165) is 6.42 Å². The summed E-state index contributed by atoms with van der Waals surface area (Å²) in [5, 5.41) is 9.29. The van der Waals surface area contributed by atoms with Gasteiger partial charge in [0, 0.05) is 26.2 Å². The molecule has 0 radical (unpaired) electrons. The molecule has 2 aliphatic heterocycles. The van der Waals surface area contributed by atoms with Crippen LogP contribution in [-0.4, -0.2) is 77.0 Å². The molecule has 2 aliphatic rings. The lowest BCUT2D eigenvalue weighted by atomic mass is 9.83. The molecular weight excluding hydrogens is 300 g/mol. The highest BCUT2D eigenvalue weighted by Crippen LogP contribution is 2.34. The number of morpholine rings is 1. The number of amides is 1. The fourth-order valence-corrected chi connectivity index (χ4v) is 3.22. The molecule has 23 heavy (non-hydrogen) atoms. The first-order valence-electron chi connectivity index (χ1n) is 8.21. The van der Waals surface area contributed by atoms with Crippen LogP contribution in [0.2, 0.25) is 0 Å². The molecule has 2 fully saturated rings. The summed E-state index contributed by atoms with van der Waals surface area (Å²) < 4.78 is 11.0. The van der Waals surface area contributed by atoms with Crippen LogP contribution in [-0.2, 0) is 14.3 Å². The minimum atomic E-state index is -0.839. The van der Waals surface area contributed by atoms with Crippen molar-refractivity contribution in [2.75, 3.05) is 32.8 Å². The Balaban J connectivity index is 2.03. The lowest BCUT2D eigenvalue weighted by Crippen LogP contribution is -2.74. The van der Waals surface area contributed by atoms with E-state index < -0.39 is 17.1 Å². The zero-order chi connectivity index (χ0) is 17.3. The van der Waals surface area contributed by atoms with Crippen molar-refractivity contribution < 1.29 is 24.2 Å². The molecule has 1 N–H and O–H groups in total. The molecule has 1 atom stereocenters. The smallest absolute Gasteiger partial charge is 0.410 e. The van der Waals surface area contributed by atoms with Crippen molar-refractivity contribution in [3.63, 3.8) is 0 Å². The molecule has 7 heteroatoms. The molecule has 0 aromatic heterocycles. The van der Waals surface area contributed by atoms with E-state index in [9.17, 15) is 14.7 Å². The Morgan fingerprint density at radius 1 is 1.35 bits per heavy atom. The van der Waals surface area contributed by atoms with Gasteiger partial charge >= 0.3 is 12.1 Å². The summed E-state index contributed by atoms with van der Waals surface area (Å²) in [5.41, 5.74) is -1.05. The van der Waals surface area contributed by atoms with Crippen molar-refractivity contribution in [1.82, 2.24) is 9.80 Å². The van der Waals surface area contributed by atoms with Crippen molar-refractivity contribution in [3.05, 3.63) is 0 Å². The fraction of sp³-hybridized carbons (Fsp3) is 0.875. The molecule has 2 saturated heterocycles.